The molecule has 1 saturated heterocycles. The third-order valence-electron chi connectivity index (χ3n) is 5.89. The van der Waals surface area contributed by atoms with Crippen molar-refractivity contribution in [3.63, 3.8) is 0 Å². The zero-order chi connectivity index (χ0) is 19.2. The Morgan fingerprint density at radius 3 is 2.79 bits per heavy atom. The van der Waals surface area contributed by atoms with E-state index in [1.54, 1.807) is 0 Å². The molecule has 0 unspecified atom stereocenters. The molecular formula is C23H30N4O. The number of amides is 1. The Kier molecular flexibility index (Phi) is 6.34. The summed E-state index contributed by atoms with van der Waals surface area (Å²) in [5.41, 5.74) is 4.05. The number of aromatic nitrogens is 1. The highest BCUT2D eigenvalue weighted by Crippen LogP contribution is 2.18. The van der Waals surface area contributed by atoms with Crippen LogP contribution in [0.15, 0.2) is 48.8 Å². The second kappa shape index (κ2) is 9.30. The van der Waals surface area contributed by atoms with Crippen LogP contribution in [0.3, 0.4) is 0 Å². The van der Waals surface area contributed by atoms with Crippen LogP contribution >= 0.6 is 0 Å². The number of carbonyl (C=O) groups is 1. The van der Waals surface area contributed by atoms with E-state index in [4.69, 9.17) is 0 Å². The lowest BCUT2D eigenvalue weighted by Gasteiger charge is -2.28. The molecule has 0 aliphatic carbocycles. The highest BCUT2D eigenvalue weighted by Gasteiger charge is 2.22. The van der Waals surface area contributed by atoms with Gasteiger partial charge in [-0.3, -0.25) is 19.6 Å². The van der Waals surface area contributed by atoms with Crippen molar-refractivity contribution >= 4 is 5.91 Å². The van der Waals surface area contributed by atoms with Crippen LogP contribution in [0.1, 0.15) is 36.0 Å². The molecule has 2 aliphatic rings. The average molecular weight is 379 g/mol. The van der Waals surface area contributed by atoms with E-state index in [9.17, 15) is 4.79 Å². The van der Waals surface area contributed by atoms with Crippen molar-refractivity contribution in [1.29, 1.82) is 0 Å². The molecule has 2 aliphatic heterocycles. The number of nitrogens with zero attached hydrogens (tertiary/aromatic N) is 3. The first-order chi connectivity index (χ1) is 13.8. The molecule has 1 N–H and O–H groups in total. The van der Waals surface area contributed by atoms with Crippen molar-refractivity contribution in [2.75, 3.05) is 26.2 Å². The van der Waals surface area contributed by atoms with Crippen LogP contribution in [0.2, 0.25) is 0 Å². The summed E-state index contributed by atoms with van der Waals surface area (Å²) in [6.07, 6.45) is 8.02. The minimum atomic E-state index is 0.171. The summed E-state index contributed by atoms with van der Waals surface area (Å²) in [6.45, 7) is 5.41. The van der Waals surface area contributed by atoms with Gasteiger partial charge >= 0.3 is 0 Å². The number of hydrogen-bond acceptors (Lipinski definition) is 4. The smallest absolute Gasteiger partial charge is 0.234 e. The van der Waals surface area contributed by atoms with Crippen LogP contribution in [0.4, 0.5) is 0 Å². The highest BCUT2D eigenvalue weighted by molar-refractivity contribution is 5.78. The van der Waals surface area contributed by atoms with Crippen molar-refractivity contribution in [3.8, 4) is 0 Å². The highest BCUT2D eigenvalue weighted by atomic mass is 16.2. The van der Waals surface area contributed by atoms with E-state index in [1.165, 1.54) is 16.7 Å². The molecule has 0 spiro atoms. The van der Waals surface area contributed by atoms with Crippen molar-refractivity contribution in [1.82, 2.24) is 20.1 Å². The van der Waals surface area contributed by atoms with Crippen molar-refractivity contribution in [2.24, 2.45) is 0 Å². The predicted octanol–water partition coefficient (Wildman–Crippen LogP) is 2.61. The molecule has 2 aromatic rings. The van der Waals surface area contributed by atoms with Gasteiger partial charge in [-0.2, -0.15) is 0 Å². The van der Waals surface area contributed by atoms with Gasteiger partial charge in [0.05, 0.1) is 6.54 Å². The Morgan fingerprint density at radius 2 is 1.93 bits per heavy atom. The van der Waals surface area contributed by atoms with Gasteiger partial charge in [-0.05, 0) is 55.0 Å². The van der Waals surface area contributed by atoms with Crippen LogP contribution in [0.25, 0.3) is 0 Å². The molecule has 1 aromatic carbocycles. The van der Waals surface area contributed by atoms with E-state index in [-0.39, 0.29) is 5.91 Å². The summed E-state index contributed by atoms with van der Waals surface area (Å²) >= 11 is 0. The fourth-order valence-electron chi connectivity index (χ4n) is 4.37. The molecule has 1 fully saturated rings. The van der Waals surface area contributed by atoms with Crippen molar-refractivity contribution in [2.45, 2.75) is 44.8 Å². The second-order valence-corrected chi connectivity index (χ2v) is 8.06. The van der Waals surface area contributed by atoms with Crippen molar-refractivity contribution < 1.29 is 4.79 Å². The topological polar surface area (TPSA) is 48.5 Å². The maximum absolute atomic E-state index is 12.6. The second-order valence-electron chi connectivity index (χ2n) is 8.06. The van der Waals surface area contributed by atoms with Crippen LogP contribution in [-0.2, 0) is 24.3 Å². The van der Waals surface area contributed by atoms with Crippen LogP contribution in [0.5, 0.6) is 0 Å². The number of nitrogens with one attached hydrogen (secondary N) is 1. The summed E-state index contributed by atoms with van der Waals surface area (Å²) in [5, 5.41) is 3.29. The van der Waals surface area contributed by atoms with Gasteiger partial charge in [0.2, 0.25) is 5.91 Å². The number of benzene rings is 1. The predicted molar refractivity (Wildman–Crippen MR) is 111 cm³/mol. The molecule has 148 valence electrons. The third-order valence-corrected chi connectivity index (χ3v) is 5.89. The van der Waals surface area contributed by atoms with Crippen LogP contribution in [-0.4, -0.2) is 52.9 Å². The summed E-state index contributed by atoms with van der Waals surface area (Å²) in [7, 11) is 0. The minimum absolute atomic E-state index is 0.171. The number of fused-ring (bicyclic) bond motifs is 1. The first-order valence-corrected chi connectivity index (χ1v) is 10.5. The Morgan fingerprint density at radius 1 is 1.04 bits per heavy atom. The minimum Gasteiger partial charge on any atom is -0.352 e. The molecule has 4 rings (SSSR count). The average Bonchev–Trinajstić information content (AvgIpc) is 2.93. The fourth-order valence-corrected chi connectivity index (χ4v) is 4.37. The quantitative estimate of drug-likeness (QED) is 0.869. The Labute approximate surface area is 167 Å². The number of likely N-dealkylation sites (tertiary alicyclic amines) is 1. The summed E-state index contributed by atoms with van der Waals surface area (Å²) in [6, 6.07) is 13.0. The summed E-state index contributed by atoms with van der Waals surface area (Å²) < 4.78 is 0. The largest absolute Gasteiger partial charge is 0.352 e. The van der Waals surface area contributed by atoms with Crippen LogP contribution in [0, 0.1) is 0 Å². The zero-order valence-electron chi connectivity index (χ0n) is 16.5. The van der Waals surface area contributed by atoms with Gasteiger partial charge in [0.1, 0.15) is 0 Å². The molecule has 0 radical (unpaired) electrons. The van der Waals surface area contributed by atoms with E-state index in [0.29, 0.717) is 12.6 Å². The maximum atomic E-state index is 12.6. The molecule has 1 amide bonds. The van der Waals surface area contributed by atoms with Gasteiger partial charge in [-0.15, -0.1) is 0 Å². The lowest BCUT2D eigenvalue weighted by Crippen LogP contribution is -2.43. The van der Waals surface area contributed by atoms with E-state index in [0.717, 1.165) is 58.4 Å². The lowest BCUT2D eigenvalue weighted by atomic mass is 10.00. The Bertz CT molecular complexity index is 779. The molecule has 28 heavy (non-hydrogen) atoms. The number of hydrogen-bond donors (Lipinski definition) is 1. The van der Waals surface area contributed by atoms with Gasteiger partial charge in [0, 0.05) is 44.6 Å². The lowest BCUT2D eigenvalue weighted by molar-refractivity contribution is -0.123. The van der Waals surface area contributed by atoms with Gasteiger partial charge in [-0.25, -0.2) is 0 Å². The van der Waals surface area contributed by atoms with E-state index >= 15 is 0 Å². The van der Waals surface area contributed by atoms with Gasteiger partial charge in [-0.1, -0.05) is 30.3 Å². The molecule has 1 aromatic heterocycles. The normalized spacial score (nSPS) is 20.9. The zero-order valence-corrected chi connectivity index (χ0v) is 16.5. The van der Waals surface area contributed by atoms with E-state index in [2.05, 4.69) is 50.4 Å². The monoisotopic (exact) mass is 378 g/mol. The molecule has 0 bridgehead atoms. The fraction of sp³-hybridized carbons (Fsp3) is 0.478. The molecule has 0 saturated carbocycles. The number of pyridine rings is 1. The Balaban J connectivity index is 1.23. The molecule has 3 heterocycles. The maximum Gasteiger partial charge on any atom is 0.234 e. The standard InChI is InChI=1S/C23H30N4O/c28-23(18-27-13-9-20-6-1-2-7-21(20)17-27)25-22-8-4-12-26(14-10-22)16-19-5-3-11-24-15-19/h1-3,5-7,11,15,22H,4,8-10,12-14,16-18H2,(H,25,28)/t22-/m1/s1. The Hall–Kier alpha value is -2.24. The first-order valence-electron chi connectivity index (χ1n) is 10.5. The number of carbonyl (C=O) groups excluding carboxylic acids is 1. The van der Waals surface area contributed by atoms with Crippen molar-refractivity contribution in [3.05, 3.63) is 65.5 Å². The van der Waals surface area contributed by atoms with Gasteiger partial charge in [0.15, 0.2) is 0 Å². The summed E-state index contributed by atoms with van der Waals surface area (Å²) in [5.74, 6) is 0.171. The summed E-state index contributed by atoms with van der Waals surface area (Å²) in [4.78, 5) is 21.6. The number of rotatable bonds is 5. The molecule has 1 atom stereocenters. The third kappa shape index (κ3) is 5.18. The molecule has 5 nitrogen and oxygen atoms in total. The molecule has 5 heteroatoms. The molecular weight excluding hydrogens is 348 g/mol. The van der Waals surface area contributed by atoms with Crippen LogP contribution < -0.4 is 5.32 Å². The van der Waals surface area contributed by atoms with Gasteiger partial charge < -0.3 is 5.32 Å². The first kappa shape index (κ1) is 19.1. The van der Waals surface area contributed by atoms with E-state index in [1.807, 2.05) is 18.5 Å². The van der Waals surface area contributed by atoms with Gasteiger partial charge in [0.25, 0.3) is 0 Å². The SMILES string of the molecule is O=C(CN1CCc2ccccc2C1)N[C@@H]1CCCN(Cc2cccnc2)CC1. The van der Waals surface area contributed by atoms with E-state index < -0.39 is 0 Å².